The summed E-state index contributed by atoms with van der Waals surface area (Å²) in [5, 5.41) is 7.55. The van der Waals surface area contributed by atoms with E-state index in [1.807, 2.05) is 25.1 Å². The number of aryl methyl sites for hydroxylation is 3. The third-order valence-electron chi connectivity index (χ3n) is 4.51. The van der Waals surface area contributed by atoms with E-state index in [2.05, 4.69) is 28.4 Å². The number of methoxy groups -OCH3 is 1. The zero-order valence-electron chi connectivity index (χ0n) is 16.0. The minimum absolute atomic E-state index is 0.252. The van der Waals surface area contributed by atoms with Crippen LogP contribution in [0.5, 0.6) is 5.75 Å². The third kappa shape index (κ3) is 3.25. The van der Waals surface area contributed by atoms with Crippen LogP contribution in [0.25, 0.3) is 22.4 Å². The molecule has 3 aromatic heterocycles. The maximum Gasteiger partial charge on any atom is 0.259 e. The second-order valence-electron chi connectivity index (χ2n) is 6.52. The van der Waals surface area contributed by atoms with Gasteiger partial charge in [-0.05, 0) is 45.0 Å². The van der Waals surface area contributed by atoms with Gasteiger partial charge < -0.3 is 14.6 Å². The predicted molar refractivity (Wildman–Crippen MR) is 110 cm³/mol. The Morgan fingerprint density at radius 1 is 1.18 bits per heavy atom. The van der Waals surface area contributed by atoms with E-state index in [9.17, 15) is 4.79 Å². The number of thiophene rings is 1. The Morgan fingerprint density at radius 2 is 2.00 bits per heavy atom. The molecule has 0 unspecified atom stereocenters. The number of aromatic nitrogens is 2. The number of ether oxygens (including phenoxy) is 1. The Labute approximate surface area is 166 Å². The third-order valence-corrected chi connectivity index (χ3v) is 5.47. The number of rotatable bonds is 4. The van der Waals surface area contributed by atoms with Crippen LogP contribution in [-0.2, 0) is 0 Å². The van der Waals surface area contributed by atoms with Crippen LogP contribution >= 0.6 is 11.3 Å². The van der Waals surface area contributed by atoms with Crippen molar-refractivity contribution in [1.29, 1.82) is 0 Å². The molecular weight excluding hydrogens is 374 g/mol. The van der Waals surface area contributed by atoms with E-state index >= 15 is 0 Å². The van der Waals surface area contributed by atoms with E-state index in [1.165, 1.54) is 4.88 Å². The van der Waals surface area contributed by atoms with Crippen molar-refractivity contribution < 1.29 is 14.1 Å². The maximum atomic E-state index is 13.1. The van der Waals surface area contributed by atoms with Gasteiger partial charge >= 0.3 is 0 Å². The van der Waals surface area contributed by atoms with E-state index in [-0.39, 0.29) is 5.91 Å². The molecule has 0 aliphatic heterocycles. The number of fused-ring (bicyclic) bond motifs is 1. The molecule has 0 radical (unpaired) electrons. The van der Waals surface area contributed by atoms with Gasteiger partial charge in [-0.1, -0.05) is 11.2 Å². The number of nitrogens with one attached hydrogen (secondary N) is 1. The van der Waals surface area contributed by atoms with Crippen molar-refractivity contribution >= 4 is 34.0 Å². The highest BCUT2D eigenvalue weighted by molar-refractivity contribution is 7.12. The molecule has 0 atom stereocenters. The van der Waals surface area contributed by atoms with Gasteiger partial charge in [0, 0.05) is 27.1 Å². The van der Waals surface area contributed by atoms with Gasteiger partial charge in [-0.25, -0.2) is 4.98 Å². The van der Waals surface area contributed by atoms with Crippen LogP contribution in [0.3, 0.4) is 0 Å². The van der Waals surface area contributed by atoms with E-state index in [4.69, 9.17) is 9.26 Å². The molecule has 7 heteroatoms. The summed E-state index contributed by atoms with van der Waals surface area (Å²) < 4.78 is 10.6. The lowest BCUT2D eigenvalue weighted by molar-refractivity contribution is 0.102. The first-order chi connectivity index (χ1) is 13.5. The van der Waals surface area contributed by atoms with Crippen LogP contribution in [0.2, 0.25) is 0 Å². The van der Waals surface area contributed by atoms with E-state index in [0.29, 0.717) is 39.5 Å². The molecule has 1 amide bonds. The van der Waals surface area contributed by atoms with E-state index in [0.717, 1.165) is 10.4 Å². The summed E-state index contributed by atoms with van der Waals surface area (Å²) in [5.74, 6) is 0.418. The number of anilines is 1. The Hall–Kier alpha value is -3.19. The van der Waals surface area contributed by atoms with Crippen molar-refractivity contribution in [3.8, 4) is 17.0 Å². The number of hydrogen-bond donors (Lipinski definition) is 1. The number of nitrogens with zero attached hydrogens (tertiary/aromatic N) is 2. The van der Waals surface area contributed by atoms with Crippen LogP contribution in [0.15, 0.2) is 40.9 Å². The molecule has 4 aromatic rings. The maximum absolute atomic E-state index is 13.1. The Balaban J connectivity index is 1.81. The van der Waals surface area contributed by atoms with Crippen LogP contribution < -0.4 is 10.1 Å². The highest BCUT2D eigenvalue weighted by Crippen LogP contribution is 2.33. The zero-order valence-corrected chi connectivity index (χ0v) is 16.8. The smallest absolute Gasteiger partial charge is 0.259 e. The summed E-state index contributed by atoms with van der Waals surface area (Å²) in [7, 11) is 1.59. The van der Waals surface area contributed by atoms with Crippen LogP contribution in [-0.4, -0.2) is 23.2 Å². The first-order valence-electron chi connectivity index (χ1n) is 8.76. The highest BCUT2D eigenvalue weighted by atomic mass is 32.1. The fourth-order valence-corrected chi connectivity index (χ4v) is 4.13. The molecule has 4 rings (SSSR count). The number of pyridine rings is 1. The van der Waals surface area contributed by atoms with Crippen molar-refractivity contribution in [3.05, 3.63) is 57.4 Å². The summed E-state index contributed by atoms with van der Waals surface area (Å²) in [6.07, 6.45) is 0. The van der Waals surface area contributed by atoms with Crippen molar-refractivity contribution in [1.82, 2.24) is 10.1 Å². The van der Waals surface area contributed by atoms with Crippen molar-refractivity contribution in [2.24, 2.45) is 0 Å². The number of carbonyl (C=O) groups is 1. The lowest BCUT2D eigenvalue weighted by Gasteiger charge is -2.09. The molecule has 142 valence electrons. The topological polar surface area (TPSA) is 77.2 Å². The average Bonchev–Trinajstić information content (AvgIpc) is 3.22. The molecule has 1 aromatic carbocycles. The quantitative estimate of drug-likeness (QED) is 0.520. The number of amides is 1. The van der Waals surface area contributed by atoms with Gasteiger partial charge in [-0.2, -0.15) is 0 Å². The van der Waals surface area contributed by atoms with Crippen LogP contribution in [0.1, 0.15) is 25.8 Å². The van der Waals surface area contributed by atoms with Gasteiger partial charge in [0.1, 0.15) is 5.75 Å². The molecule has 0 saturated carbocycles. The largest absolute Gasteiger partial charge is 0.497 e. The van der Waals surface area contributed by atoms with E-state index in [1.54, 1.807) is 37.5 Å². The fourth-order valence-electron chi connectivity index (χ4n) is 3.20. The fraction of sp³-hybridized carbons (Fsp3) is 0.190. The molecule has 0 saturated heterocycles. The molecule has 0 fully saturated rings. The molecule has 0 aliphatic rings. The van der Waals surface area contributed by atoms with Crippen LogP contribution in [0.4, 0.5) is 5.69 Å². The minimum atomic E-state index is -0.252. The monoisotopic (exact) mass is 393 g/mol. The molecule has 28 heavy (non-hydrogen) atoms. The van der Waals surface area contributed by atoms with Gasteiger partial charge in [-0.3, -0.25) is 4.79 Å². The summed E-state index contributed by atoms with van der Waals surface area (Å²) in [5.41, 5.74) is 3.80. The van der Waals surface area contributed by atoms with Crippen molar-refractivity contribution in [2.75, 3.05) is 12.4 Å². The Kier molecular flexibility index (Phi) is 4.60. The molecular formula is C21H19N3O3S. The molecule has 0 bridgehead atoms. The molecule has 6 nitrogen and oxygen atoms in total. The first kappa shape index (κ1) is 18.2. The number of hydrogen-bond acceptors (Lipinski definition) is 6. The van der Waals surface area contributed by atoms with Gasteiger partial charge in [0.25, 0.3) is 11.6 Å². The molecule has 1 N–H and O–H groups in total. The van der Waals surface area contributed by atoms with Gasteiger partial charge in [0.15, 0.2) is 0 Å². The zero-order chi connectivity index (χ0) is 19.8. The summed E-state index contributed by atoms with van der Waals surface area (Å²) >= 11 is 1.69. The summed E-state index contributed by atoms with van der Waals surface area (Å²) in [6, 6.07) is 11.1. The molecule has 0 aliphatic carbocycles. The van der Waals surface area contributed by atoms with Gasteiger partial charge in [0.2, 0.25) is 0 Å². The molecule has 0 spiro atoms. The lowest BCUT2D eigenvalue weighted by atomic mass is 10.1. The first-order valence-corrected chi connectivity index (χ1v) is 9.57. The summed E-state index contributed by atoms with van der Waals surface area (Å²) in [6.45, 7) is 5.89. The SMILES string of the molecule is COc1cccc(NC(=O)c2cc(-c3cc(C)sc3C)nc3onc(C)c23)c1. The molecule has 3 heterocycles. The van der Waals surface area contributed by atoms with Gasteiger partial charge in [-0.15, -0.1) is 11.3 Å². The van der Waals surface area contributed by atoms with Crippen molar-refractivity contribution in [2.45, 2.75) is 20.8 Å². The average molecular weight is 393 g/mol. The predicted octanol–water partition coefficient (Wildman–Crippen LogP) is 5.14. The Bertz CT molecular complexity index is 1190. The second-order valence-corrected chi connectivity index (χ2v) is 7.98. The number of carbonyl (C=O) groups excluding carboxylic acids is 1. The lowest BCUT2D eigenvalue weighted by Crippen LogP contribution is -2.13. The highest BCUT2D eigenvalue weighted by Gasteiger charge is 2.20. The van der Waals surface area contributed by atoms with Gasteiger partial charge in [0.05, 0.1) is 29.4 Å². The minimum Gasteiger partial charge on any atom is -0.497 e. The normalized spacial score (nSPS) is 11.0. The van der Waals surface area contributed by atoms with Crippen LogP contribution in [0, 0.1) is 20.8 Å². The summed E-state index contributed by atoms with van der Waals surface area (Å²) in [4.78, 5) is 20.0. The number of benzene rings is 1. The second kappa shape index (κ2) is 7.09. The van der Waals surface area contributed by atoms with E-state index < -0.39 is 0 Å². The standard InChI is InChI=1S/C21H19N3O3S/c1-11-8-16(13(3)28-11)18-10-17(19-12(2)24-27-21(19)23-18)20(25)22-14-6-5-7-15(9-14)26-4/h5-10H,1-4H3,(H,22,25). The Morgan fingerprint density at radius 3 is 2.71 bits per heavy atom. The van der Waals surface area contributed by atoms with Crippen molar-refractivity contribution in [3.63, 3.8) is 0 Å².